The Morgan fingerprint density at radius 2 is 1.61 bits per heavy atom. The van der Waals surface area contributed by atoms with Crippen LogP contribution in [0.2, 0.25) is 5.02 Å². The van der Waals surface area contributed by atoms with E-state index >= 15 is 0 Å². The van der Waals surface area contributed by atoms with Gasteiger partial charge in [-0.3, -0.25) is 14.1 Å². The van der Waals surface area contributed by atoms with Gasteiger partial charge in [0.1, 0.15) is 5.65 Å². The molecule has 0 spiro atoms. The van der Waals surface area contributed by atoms with E-state index in [4.69, 9.17) is 16.6 Å². The van der Waals surface area contributed by atoms with Gasteiger partial charge in [0.05, 0.1) is 16.8 Å². The molecule has 0 atom stereocenters. The van der Waals surface area contributed by atoms with Gasteiger partial charge in [-0.1, -0.05) is 72.3 Å². The molecule has 5 nitrogen and oxygen atoms in total. The minimum absolute atomic E-state index is 0.0283. The van der Waals surface area contributed by atoms with Crippen LogP contribution >= 0.6 is 11.6 Å². The fraction of sp³-hybridized carbons (Fsp3) is 0.200. The minimum atomic E-state index is -0.166. The van der Waals surface area contributed by atoms with E-state index in [2.05, 4.69) is 29.2 Å². The Morgan fingerprint density at radius 3 is 2.23 bits per heavy atom. The topological polar surface area (TPSA) is 57.8 Å². The molecule has 158 valence electrons. The normalized spacial score (nSPS) is 11.5. The zero-order valence-electron chi connectivity index (χ0n) is 17.1. The Balaban J connectivity index is 1.75. The third kappa shape index (κ3) is 5.02. The Kier molecular flexibility index (Phi) is 6.77. The predicted molar refractivity (Wildman–Crippen MR) is 123 cm³/mol. The average molecular weight is 434 g/mol. The van der Waals surface area contributed by atoms with Crippen LogP contribution in [0.15, 0.2) is 89.9 Å². The van der Waals surface area contributed by atoms with Gasteiger partial charge in [-0.25, -0.2) is 4.98 Å². The molecule has 0 fully saturated rings. The van der Waals surface area contributed by atoms with Gasteiger partial charge in [-0.05, 0) is 29.7 Å². The molecule has 4 rings (SSSR count). The van der Waals surface area contributed by atoms with E-state index in [1.807, 2.05) is 36.4 Å². The average Bonchev–Trinajstić information content (AvgIpc) is 2.79. The smallest absolute Gasteiger partial charge is 0.258 e. The molecule has 0 saturated heterocycles. The molecule has 0 aliphatic carbocycles. The largest absolute Gasteiger partial charge is 0.396 e. The van der Waals surface area contributed by atoms with Gasteiger partial charge in [0.15, 0.2) is 0 Å². The highest BCUT2D eigenvalue weighted by Crippen LogP contribution is 2.30. The summed E-state index contributed by atoms with van der Waals surface area (Å²) in [5.74, 6) is 0. The van der Waals surface area contributed by atoms with E-state index in [-0.39, 0.29) is 18.2 Å². The first-order chi connectivity index (χ1) is 15.2. The van der Waals surface area contributed by atoms with Gasteiger partial charge in [-0.2, -0.15) is 0 Å². The number of aromatic nitrogens is 2. The molecule has 0 bridgehead atoms. The zero-order chi connectivity index (χ0) is 21.6. The van der Waals surface area contributed by atoms with E-state index < -0.39 is 0 Å². The molecule has 1 N–H and O–H groups in total. The molecule has 0 aliphatic heterocycles. The maximum absolute atomic E-state index is 12.7. The van der Waals surface area contributed by atoms with Crippen molar-refractivity contribution in [2.45, 2.75) is 19.0 Å². The van der Waals surface area contributed by atoms with E-state index in [0.29, 0.717) is 35.9 Å². The molecule has 31 heavy (non-hydrogen) atoms. The number of pyridine rings is 1. The lowest BCUT2D eigenvalue weighted by Gasteiger charge is -2.32. The van der Waals surface area contributed by atoms with Crippen molar-refractivity contribution in [3.8, 4) is 0 Å². The summed E-state index contributed by atoms with van der Waals surface area (Å²) in [7, 11) is 0. The monoisotopic (exact) mass is 433 g/mol. The van der Waals surface area contributed by atoms with Gasteiger partial charge >= 0.3 is 0 Å². The number of aliphatic hydroxyl groups is 1. The first-order valence-electron chi connectivity index (χ1n) is 10.3. The number of benzene rings is 2. The van der Waals surface area contributed by atoms with E-state index in [1.165, 1.54) is 4.40 Å². The van der Waals surface area contributed by atoms with Gasteiger partial charge in [0, 0.05) is 32.0 Å². The molecule has 0 unspecified atom stereocenters. The van der Waals surface area contributed by atoms with Crippen LogP contribution < -0.4 is 5.56 Å². The molecule has 2 aromatic carbocycles. The lowest BCUT2D eigenvalue weighted by Crippen LogP contribution is -2.32. The number of fused-ring (bicyclic) bond motifs is 1. The van der Waals surface area contributed by atoms with Crippen molar-refractivity contribution in [3.63, 3.8) is 0 Å². The van der Waals surface area contributed by atoms with Gasteiger partial charge in [0.2, 0.25) is 0 Å². The van der Waals surface area contributed by atoms with Crippen LogP contribution in [0.1, 0.15) is 29.3 Å². The van der Waals surface area contributed by atoms with E-state index in [9.17, 15) is 9.90 Å². The molecule has 6 heteroatoms. The van der Waals surface area contributed by atoms with Crippen molar-refractivity contribution < 1.29 is 5.11 Å². The predicted octanol–water partition coefficient (Wildman–Crippen LogP) is 4.32. The molecule has 0 saturated carbocycles. The lowest BCUT2D eigenvalue weighted by molar-refractivity contribution is 0.185. The lowest BCUT2D eigenvalue weighted by atomic mass is 9.96. The van der Waals surface area contributed by atoms with Crippen molar-refractivity contribution in [1.82, 2.24) is 14.3 Å². The Labute approximate surface area is 186 Å². The number of rotatable bonds is 8. The molecule has 2 aromatic heterocycles. The summed E-state index contributed by atoms with van der Waals surface area (Å²) in [6, 6.07) is 25.5. The van der Waals surface area contributed by atoms with E-state index in [0.717, 1.165) is 11.1 Å². The van der Waals surface area contributed by atoms with Crippen LogP contribution in [-0.4, -0.2) is 32.5 Å². The Morgan fingerprint density at radius 1 is 0.968 bits per heavy atom. The van der Waals surface area contributed by atoms with Crippen LogP contribution in [0.5, 0.6) is 0 Å². The first kappa shape index (κ1) is 21.2. The molecule has 4 aromatic rings. The molecule has 0 aliphatic rings. The fourth-order valence-electron chi connectivity index (χ4n) is 3.87. The highest BCUT2D eigenvalue weighted by Gasteiger charge is 2.23. The molecular formula is C25H24ClN3O2. The second-order valence-electron chi connectivity index (χ2n) is 7.43. The third-order valence-corrected chi connectivity index (χ3v) is 5.46. The summed E-state index contributed by atoms with van der Waals surface area (Å²) in [6.45, 7) is 1.23. The Hall–Kier alpha value is -2.99. The maximum Gasteiger partial charge on any atom is 0.258 e. The maximum atomic E-state index is 12.7. The van der Waals surface area contributed by atoms with Crippen molar-refractivity contribution >= 4 is 17.2 Å². The minimum Gasteiger partial charge on any atom is -0.396 e. The second-order valence-corrected chi connectivity index (χ2v) is 7.87. The highest BCUT2D eigenvalue weighted by atomic mass is 35.5. The van der Waals surface area contributed by atoms with Crippen LogP contribution in [0, 0.1) is 0 Å². The van der Waals surface area contributed by atoms with Crippen molar-refractivity contribution in [1.29, 1.82) is 0 Å². The molecule has 0 radical (unpaired) electrons. The van der Waals surface area contributed by atoms with Crippen LogP contribution in [0.3, 0.4) is 0 Å². The zero-order valence-corrected chi connectivity index (χ0v) is 17.8. The second kappa shape index (κ2) is 9.88. The summed E-state index contributed by atoms with van der Waals surface area (Å²) in [5.41, 5.74) is 3.37. The molecule has 0 amide bonds. The fourth-order valence-corrected chi connectivity index (χ4v) is 4.03. The summed E-state index contributed by atoms with van der Waals surface area (Å²) in [6.07, 6.45) is 2.20. The van der Waals surface area contributed by atoms with Gasteiger partial charge in [-0.15, -0.1) is 0 Å². The molecule has 2 heterocycles. The van der Waals surface area contributed by atoms with E-state index in [1.54, 1.807) is 24.4 Å². The Bertz CT molecular complexity index is 1160. The number of halogens is 1. The summed E-state index contributed by atoms with van der Waals surface area (Å²) < 4.78 is 1.45. The quantitative estimate of drug-likeness (QED) is 0.449. The third-order valence-electron chi connectivity index (χ3n) is 5.24. The summed E-state index contributed by atoms with van der Waals surface area (Å²) in [5, 5.41) is 10.00. The highest BCUT2D eigenvalue weighted by molar-refractivity contribution is 6.30. The number of hydrogen-bond acceptors (Lipinski definition) is 4. The standard InChI is InChI=1S/C25H24ClN3O2/c26-21-12-13-23-27-22(16-24(31)29(23)17-21)18-28(14-7-15-30)25(19-8-3-1-4-9-19)20-10-5-2-6-11-20/h1-6,8-13,16-17,25,30H,7,14-15,18H2. The number of hydrogen-bond donors (Lipinski definition) is 1. The van der Waals surface area contributed by atoms with Gasteiger partial charge < -0.3 is 5.11 Å². The van der Waals surface area contributed by atoms with Crippen LogP contribution in [-0.2, 0) is 6.54 Å². The number of aliphatic hydroxyl groups excluding tert-OH is 1. The van der Waals surface area contributed by atoms with Crippen molar-refractivity contribution in [2.75, 3.05) is 13.2 Å². The van der Waals surface area contributed by atoms with Gasteiger partial charge in [0.25, 0.3) is 5.56 Å². The SMILES string of the molecule is O=c1cc(CN(CCCO)C(c2ccccc2)c2ccccc2)nc2ccc(Cl)cn12. The first-order valence-corrected chi connectivity index (χ1v) is 10.7. The van der Waals surface area contributed by atoms with Crippen LogP contribution in [0.4, 0.5) is 0 Å². The van der Waals surface area contributed by atoms with Crippen molar-refractivity contribution in [2.24, 2.45) is 0 Å². The molecular weight excluding hydrogens is 410 g/mol. The van der Waals surface area contributed by atoms with Crippen LogP contribution in [0.25, 0.3) is 5.65 Å². The van der Waals surface area contributed by atoms with Crippen molar-refractivity contribution in [3.05, 3.63) is 117 Å². The summed E-state index contributed by atoms with van der Waals surface area (Å²) >= 11 is 6.03. The summed E-state index contributed by atoms with van der Waals surface area (Å²) in [4.78, 5) is 19.6. The number of nitrogens with zero attached hydrogens (tertiary/aromatic N) is 3.